The fraction of sp³-hybridized carbons (Fsp3) is 0.636. The normalized spacial score (nSPS) is 14.2. The van der Waals surface area contributed by atoms with Crippen LogP contribution in [0.4, 0.5) is 0 Å². The monoisotopic (exact) mass is 247 g/mol. The van der Waals surface area contributed by atoms with Gasteiger partial charge in [0, 0.05) is 18.0 Å². The summed E-state index contributed by atoms with van der Waals surface area (Å²) in [4.78, 5) is 1.15. The van der Waals surface area contributed by atoms with Gasteiger partial charge in [-0.2, -0.15) is 0 Å². The van der Waals surface area contributed by atoms with Crippen LogP contribution in [0.5, 0.6) is 0 Å². The zero-order valence-corrected chi connectivity index (χ0v) is 11.0. The van der Waals surface area contributed by atoms with Crippen molar-refractivity contribution >= 4 is 22.9 Å². The lowest BCUT2D eigenvalue weighted by atomic mass is 9.99. The minimum Gasteiger partial charge on any atom is -0.379 e. The fourth-order valence-corrected chi connectivity index (χ4v) is 2.37. The maximum absolute atomic E-state index is 6.07. The summed E-state index contributed by atoms with van der Waals surface area (Å²) in [5.74, 6) is 0. The number of nitrogens with two attached hydrogens (primary N) is 1. The average molecular weight is 248 g/mol. The highest BCUT2D eigenvalue weighted by molar-refractivity contribution is 7.16. The summed E-state index contributed by atoms with van der Waals surface area (Å²) in [7, 11) is 1.73. The molecule has 0 saturated heterocycles. The predicted molar refractivity (Wildman–Crippen MR) is 66.6 cm³/mol. The first-order valence-electron chi connectivity index (χ1n) is 5.00. The van der Waals surface area contributed by atoms with Crippen LogP contribution in [0.1, 0.15) is 37.6 Å². The van der Waals surface area contributed by atoms with E-state index in [1.807, 2.05) is 12.1 Å². The summed E-state index contributed by atoms with van der Waals surface area (Å²) >= 11 is 7.41. The molecule has 0 aliphatic carbocycles. The van der Waals surface area contributed by atoms with Crippen molar-refractivity contribution in [2.24, 2.45) is 5.73 Å². The van der Waals surface area contributed by atoms with Gasteiger partial charge in [0.2, 0.25) is 0 Å². The van der Waals surface area contributed by atoms with Gasteiger partial charge in [0.1, 0.15) is 0 Å². The lowest BCUT2D eigenvalue weighted by Gasteiger charge is -2.24. The molecule has 1 rings (SSSR count). The Labute approximate surface area is 100 Å². The number of halogens is 1. The van der Waals surface area contributed by atoms with E-state index < -0.39 is 0 Å². The first-order chi connectivity index (χ1) is 6.94. The van der Waals surface area contributed by atoms with Crippen LogP contribution in [-0.4, -0.2) is 12.7 Å². The summed E-state index contributed by atoms with van der Waals surface area (Å²) in [5.41, 5.74) is 5.97. The average Bonchev–Trinajstić information content (AvgIpc) is 2.61. The van der Waals surface area contributed by atoms with Crippen molar-refractivity contribution in [2.75, 3.05) is 7.11 Å². The van der Waals surface area contributed by atoms with Gasteiger partial charge in [-0.1, -0.05) is 11.6 Å². The van der Waals surface area contributed by atoms with Crippen molar-refractivity contribution < 1.29 is 4.74 Å². The Bertz CT molecular complexity index is 311. The van der Waals surface area contributed by atoms with Crippen LogP contribution in [0.2, 0.25) is 4.34 Å². The summed E-state index contributed by atoms with van der Waals surface area (Å²) < 4.78 is 6.15. The molecule has 86 valence electrons. The van der Waals surface area contributed by atoms with E-state index >= 15 is 0 Å². The second kappa shape index (κ2) is 5.30. The molecule has 1 aromatic heterocycles. The maximum atomic E-state index is 6.07. The van der Waals surface area contributed by atoms with Gasteiger partial charge >= 0.3 is 0 Å². The molecule has 0 saturated carbocycles. The number of thiophene rings is 1. The Morgan fingerprint density at radius 3 is 2.67 bits per heavy atom. The smallest absolute Gasteiger partial charge is 0.0931 e. The third kappa shape index (κ3) is 4.11. The first kappa shape index (κ1) is 13.0. The zero-order valence-electron chi connectivity index (χ0n) is 9.42. The quantitative estimate of drug-likeness (QED) is 0.863. The van der Waals surface area contributed by atoms with Crippen LogP contribution < -0.4 is 5.73 Å². The van der Waals surface area contributed by atoms with E-state index in [1.165, 1.54) is 0 Å². The third-order valence-corrected chi connectivity index (χ3v) is 3.93. The minimum absolute atomic E-state index is 0.0666. The molecule has 1 aromatic rings. The molecule has 1 heterocycles. The number of methoxy groups -OCH3 is 1. The van der Waals surface area contributed by atoms with E-state index in [4.69, 9.17) is 22.1 Å². The molecule has 1 atom stereocenters. The summed E-state index contributed by atoms with van der Waals surface area (Å²) in [6.07, 6.45) is 1.86. The molecule has 0 aliphatic heterocycles. The Hall–Kier alpha value is -0.0900. The Kier molecular flexibility index (Phi) is 4.59. The molecule has 2 N–H and O–H groups in total. The molecule has 0 bridgehead atoms. The number of ether oxygens (including phenoxy) is 1. The number of rotatable bonds is 5. The topological polar surface area (TPSA) is 35.2 Å². The van der Waals surface area contributed by atoms with Crippen LogP contribution in [0.3, 0.4) is 0 Å². The van der Waals surface area contributed by atoms with Gasteiger partial charge in [-0.3, -0.25) is 0 Å². The molecule has 0 spiro atoms. The van der Waals surface area contributed by atoms with Crippen molar-refractivity contribution in [3.05, 3.63) is 21.3 Å². The highest BCUT2D eigenvalue weighted by Crippen LogP contribution is 2.29. The van der Waals surface area contributed by atoms with E-state index in [-0.39, 0.29) is 11.6 Å². The van der Waals surface area contributed by atoms with Crippen LogP contribution in [0, 0.1) is 0 Å². The van der Waals surface area contributed by atoms with Crippen molar-refractivity contribution in [2.45, 2.75) is 38.3 Å². The molecule has 15 heavy (non-hydrogen) atoms. The lowest BCUT2D eigenvalue weighted by Crippen LogP contribution is -2.24. The predicted octanol–water partition coefficient (Wildman–Crippen LogP) is 3.61. The van der Waals surface area contributed by atoms with E-state index in [2.05, 4.69) is 13.8 Å². The van der Waals surface area contributed by atoms with Gasteiger partial charge in [0.25, 0.3) is 0 Å². The summed E-state index contributed by atoms with van der Waals surface area (Å²) in [6.45, 7) is 4.14. The molecule has 1 unspecified atom stereocenters. The largest absolute Gasteiger partial charge is 0.379 e. The Morgan fingerprint density at radius 2 is 2.20 bits per heavy atom. The molecule has 2 nitrogen and oxygen atoms in total. The van der Waals surface area contributed by atoms with Crippen molar-refractivity contribution in [1.82, 2.24) is 0 Å². The van der Waals surface area contributed by atoms with E-state index in [0.29, 0.717) is 0 Å². The summed E-state index contributed by atoms with van der Waals surface area (Å²) in [6, 6.07) is 3.96. The van der Waals surface area contributed by atoms with Gasteiger partial charge in [-0.05, 0) is 38.8 Å². The molecule has 4 heteroatoms. The summed E-state index contributed by atoms with van der Waals surface area (Å²) in [5, 5.41) is 0. The van der Waals surface area contributed by atoms with Crippen LogP contribution >= 0.6 is 22.9 Å². The van der Waals surface area contributed by atoms with E-state index in [0.717, 1.165) is 22.1 Å². The van der Waals surface area contributed by atoms with E-state index in [1.54, 1.807) is 18.4 Å². The number of hydrogen-bond acceptors (Lipinski definition) is 3. The van der Waals surface area contributed by atoms with E-state index in [9.17, 15) is 0 Å². The minimum atomic E-state index is -0.0985. The van der Waals surface area contributed by atoms with Gasteiger partial charge in [-0.15, -0.1) is 11.3 Å². The van der Waals surface area contributed by atoms with Crippen molar-refractivity contribution in [1.29, 1.82) is 0 Å². The SMILES string of the molecule is COC(C)(C)CCC(N)c1ccc(Cl)s1. The van der Waals surface area contributed by atoms with Gasteiger partial charge in [0.05, 0.1) is 9.94 Å². The second-order valence-corrected chi connectivity index (χ2v) is 6.00. The van der Waals surface area contributed by atoms with Gasteiger partial charge in [0.15, 0.2) is 0 Å². The fourth-order valence-electron chi connectivity index (χ4n) is 1.27. The van der Waals surface area contributed by atoms with Gasteiger partial charge in [-0.25, -0.2) is 0 Å². The molecular weight excluding hydrogens is 230 g/mol. The number of hydrogen-bond donors (Lipinski definition) is 1. The Morgan fingerprint density at radius 1 is 1.53 bits per heavy atom. The zero-order chi connectivity index (χ0) is 11.5. The van der Waals surface area contributed by atoms with Gasteiger partial charge < -0.3 is 10.5 Å². The molecule has 0 radical (unpaired) electrons. The van der Waals surface area contributed by atoms with Crippen molar-refractivity contribution in [3.63, 3.8) is 0 Å². The molecule has 0 amide bonds. The van der Waals surface area contributed by atoms with Crippen LogP contribution in [0.25, 0.3) is 0 Å². The molecule has 0 fully saturated rings. The van der Waals surface area contributed by atoms with Crippen LogP contribution in [0.15, 0.2) is 12.1 Å². The lowest BCUT2D eigenvalue weighted by molar-refractivity contribution is 0.0125. The highest BCUT2D eigenvalue weighted by atomic mass is 35.5. The second-order valence-electron chi connectivity index (χ2n) is 4.25. The first-order valence-corrected chi connectivity index (χ1v) is 6.20. The van der Waals surface area contributed by atoms with Crippen LogP contribution in [-0.2, 0) is 4.74 Å². The standard InChI is InChI=1S/C11H18ClNOS/c1-11(2,14-3)7-6-8(13)9-4-5-10(12)15-9/h4-5,8H,6-7,13H2,1-3H3. The molecule has 0 aliphatic rings. The Balaban J connectivity index is 2.46. The van der Waals surface area contributed by atoms with Crippen molar-refractivity contribution in [3.8, 4) is 0 Å². The molecular formula is C11H18ClNOS. The third-order valence-electron chi connectivity index (χ3n) is 2.57. The highest BCUT2D eigenvalue weighted by Gasteiger charge is 2.18. The molecule has 0 aromatic carbocycles. The maximum Gasteiger partial charge on any atom is 0.0931 e.